The van der Waals surface area contributed by atoms with E-state index in [1.807, 2.05) is 0 Å². The summed E-state index contributed by atoms with van der Waals surface area (Å²) in [5.74, 6) is 3.41. The molecule has 6 N–H and O–H groups in total. The molecule has 8 heteroatoms. The molecule has 1 heterocycles. The quantitative estimate of drug-likeness (QED) is 0.568. The number of primary amides is 2. The summed E-state index contributed by atoms with van der Waals surface area (Å²) >= 11 is 1.15. The van der Waals surface area contributed by atoms with E-state index >= 15 is 0 Å². The maximum Gasteiger partial charge on any atom is 0.266 e. The van der Waals surface area contributed by atoms with Gasteiger partial charge in [-0.25, -0.2) is 0 Å². The van der Waals surface area contributed by atoms with Crippen LogP contribution in [0.3, 0.4) is 0 Å². The molecule has 0 saturated heterocycles. The number of hydrogen-bond acceptors (Lipinski definition) is 5. The molecule has 0 fully saturated rings. The second-order valence-corrected chi connectivity index (χ2v) is 4.68. The Morgan fingerprint density at radius 2 is 1.80 bits per heavy atom. The molecule has 106 valence electrons. The first-order valence-electron chi connectivity index (χ1n) is 5.58. The molecule has 1 rings (SSSR count). The standard InChI is InChI=1S/C12H14N4O3S/c13-4-1-2-8-3-5-20-11(8)12(19)16(6-9(14)17)7-10(15)18/h3,5H,4,6-7,13H2,(H2,14,17)(H2,15,18). The summed E-state index contributed by atoms with van der Waals surface area (Å²) in [5.41, 5.74) is 15.9. The number of amides is 3. The zero-order valence-corrected chi connectivity index (χ0v) is 11.4. The number of nitrogens with two attached hydrogens (primary N) is 3. The van der Waals surface area contributed by atoms with Crippen molar-refractivity contribution in [2.24, 2.45) is 17.2 Å². The van der Waals surface area contributed by atoms with Gasteiger partial charge in [0, 0.05) is 5.56 Å². The largest absolute Gasteiger partial charge is 0.368 e. The molecule has 0 radical (unpaired) electrons. The zero-order chi connectivity index (χ0) is 15.1. The summed E-state index contributed by atoms with van der Waals surface area (Å²) in [6.07, 6.45) is 0. The Bertz CT molecular complexity index is 569. The lowest BCUT2D eigenvalue weighted by atomic mass is 10.2. The van der Waals surface area contributed by atoms with E-state index in [0.29, 0.717) is 10.4 Å². The molecular formula is C12H14N4O3S. The molecule has 0 bridgehead atoms. The summed E-state index contributed by atoms with van der Waals surface area (Å²) in [7, 11) is 0. The summed E-state index contributed by atoms with van der Waals surface area (Å²) in [5, 5.41) is 1.68. The highest BCUT2D eigenvalue weighted by Crippen LogP contribution is 2.18. The molecule has 0 saturated carbocycles. The molecule has 0 unspecified atom stereocenters. The van der Waals surface area contributed by atoms with Crippen LogP contribution in [0.15, 0.2) is 11.4 Å². The smallest absolute Gasteiger partial charge is 0.266 e. The lowest BCUT2D eigenvalue weighted by Gasteiger charge is -2.18. The first kappa shape index (κ1) is 15.7. The highest BCUT2D eigenvalue weighted by Gasteiger charge is 2.22. The van der Waals surface area contributed by atoms with Gasteiger partial charge in [-0.1, -0.05) is 11.8 Å². The topological polar surface area (TPSA) is 133 Å². The van der Waals surface area contributed by atoms with Gasteiger partial charge in [0.25, 0.3) is 5.91 Å². The van der Waals surface area contributed by atoms with Gasteiger partial charge in [-0.2, -0.15) is 0 Å². The predicted molar refractivity (Wildman–Crippen MR) is 74.5 cm³/mol. The monoisotopic (exact) mass is 294 g/mol. The van der Waals surface area contributed by atoms with E-state index in [1.54, 1.807) is 11.4 Å². The SMILES string of the molecule is NCC#Cc1ccsc1C(=O)N(CC(N)=O)CC(N)=O. The van der Waals surface area contributed by atoms with Crippen LogP contribution < -0.4 is 17.2 Å². The van der Waals surface area contributed by atoms with Crippen LogP contribution in [-0.4, -0.2) is 42.3 Å². The lowest BCUT2D eigenvalue weighted by molar-refractivity contribution is -0.121. The van der Waals surface area contributed by atoms with E-state index in [-0.39, 0.29) is 19.6 Å². The van der Waals surface area contributed by atoms with Gasteiger partial charge in [-0.15, -0.1) is 11.3 Å². The minimum Gasteiger partial charge on any atom is -0.368 e. The fraction of sp³-hybridized carbons (Fsp3) is 0.250. The Labute approximate surface area is 119 Å². The van der Waals surface area contributed by atoms with Gasteiger partial charge in [-0.3, -0.25) is 14.4 Å². The summed E-state index contributed by atoms with van der Waals surface area (Å²) in [6, 6.07) is 1.66. The van der Waals surface area contributed by atoms with Gasteiger partial charge in [0.15, 0.2) is 0 Å². The second-order valence-electron chi connectivity index (χ2n) is 3.76. The predicted octanol–water partition coefficient (Wildman–Crippen LogP) is -1.53. The first-order chi connectivity index (χ1) is 9.45. The molecule has 7 nitrogen and oxygen atoms in total. The molecule has 0 aliphatic rings. The van der Waals surface area contributed by atoms with Gasteiger partial charge >= 0.3 is 0 Å². The molecule has 0 aromatic carbocycles. The number of rotatable bonds is 5. The van der Waals surface area contributed by atoms with Crippen molar-refractivity contribution in [2.45, 2.75) is 0 Å². The molecule has 20 heavy (non-hydrogen) atoms. The van der Waals surface area contributed by atoms with E-state index in [1.165, 1.54) is 0 Å². The molecular weight excluding hydrogens is 280 g/mol. The number of nitrogens with zero attached hydrogens (tertiary/aromatic N) is 1. The minimum atomic E-state index is -0.731. The van der Waals surface area contributed by atoms with Crippen LogP contribution >= 0.6 is 11.3 Å². The van der Waals surface area contributed by atoms with Gasteiger partial charge in [0.1, 0.15) is 18.0 Å². The Hall–Kier alpha value is -2.37. The van der Waals surface area contributed by atoms with Crippen LogP contribution in [0, 0.1) is 11.8 Å². The highest BCUT2D eigenvalue weighted by molar-refractivity contribution is 7.12. The van der Waals surface area contributed by atoms with Crippen molar-refractivity contribution in [1.82, 2.24) is 4.90 Å². The number of thiophene rings is 1. The number of carbonyl (C=O) groups excluding carboxylic acids is 3. The van der Waals surface area contributed by atoms with Crippen LogP contribution in [0.5, 0.6) is 0 Å². The van der Waals surface area contributed by atoms with E-state index in [0.717, 1.165) is 16.2 Å². The normalized spacial score (nSPS) is 9.45. The van der Waals surface area contributed by atoms with Crippen molar-refractivity contribution in [3.05, 3.63) is 21.9 Å². The van der Waals surface area contributed by atoms with Crippen molar-refractivity contribution < 1.29 is 14.4 Å². The molecule has 0 atom stereocenters. The summed E-state index contributed by atoms with van der Waals surface area (Å²) in [6.45, 7) is -0.609. The third-order valence-corrected chi connectivity index (χ3v) is 3.07. The van der Waals surface area contributed by atoms with Crippen LogP contribution in [0.1, 0.15) is 15.2 Å². The highest BCUT2D eigenvalue weighted by atomic mass is 32.1. The maximum atomic E-state index is 12.3. The molecule has 3 amide bonds. The van der Waals surface area contributed by atoms with Crippen molar-refractivity contribution in [2.75, 3.05) is 19.6 Å². The summed E-state index contributed by atoms with van der Waals surface area (Å²) in [4.78, 5) is 35.5. The number of hydrogen-bond donors (Lipinski definition) is 3. The molecule has 0 aliphatic heterocycles. The minimum absolute atomic E-state index is 0.162. The van der Waals surface area contributed by atoms with Crippen LogP contribution in [-0.2, 0) is 9.59 Å². The van der Waals surface area contributed by atoms with Gasteiger partial charge in [0.05, 0.1) is 6.54 Å². The molecule has 0 spiro atoms. The van der Waals surface area contributed by atoms with Crippen molar-refractivity contribution in [3.63, 3.8) is 0 Å². The fourth-order valence-corrected chi connectivity index (χ4v) is 2.26. The Morgan fingerprint density at radius 3 is 2.30 bits per heavy atom. The third-order valence-electron chi connectivity index (χ3n) is 2.17. The average molecular weight is 294 g/mol. The van der Waals surface area contributed by atoms with Crippen molar-refractivity contribution in [3.8, 4) is 11.8 Å². The van der Waals surface area contributed by atoms with Crippen molar-refractivity contribution in [1.29, 1.82) is 0 Å². The second kappa shape index (κ2) is 7.28. The van der Waals surface area contributed by atoms with Gasteiger partial charge in [-0.05, 0) is 11.4 Å². The maximum absolute atomic E-state index is 12.3. The van der Waals surface area contributed by atoms with E-state index in [9.17, 15) is 14.4 Å². The zero-order valence-electron chi connectivity index (χ0n) is 10.6. The molecule has 1 aromatic heterocycles. The molecule has 1 aromatic rings. The first-order valence-corrected chi connectivity index (χ1v) is 6.46. The van der Waals surface area contributed by atoms with Crippen LogP contribution in [0.2, 0.25) is 0 Å². The Balaban J connectivity index is 3.02. The van der Waals surface area contributed by atoms with E-state index in [4.69, 9.17) is 17.2 Å². The Kier molecular flexibility index (Phi) is 5.71. The molecule has 0 aliphatic carbocycles. The number of carbonyl (C=O) groups is 3. The van der Waals surface area contributed by atoms with Crippen LogP contribution in [0.25, 0.3) is 0 Å². The lowest BCUT2D eigenvalue weighted by Crippen LogP contribution is -2.43. The summed E-state index contributed by atoms with van der Waals surface area (Å²) < 4.78 is 0. The fourth-order valence-electron chi connectivity index (χ4n) is 1.44. The van der Waals surface area contributed by atoms with Gasteiger partial charge in [0.2, 0.25) is 11.8 Å². The van der Waals surface area contributed by atoms with Crippen molar-refractivity contribution >= 4 is 29.1 Å². The van der Waals surface area contributed by atoms with Gasteiger partial charge < -0.3 is 22.1 Å². The van der Waals surface area contributed by atoms with E-state index in [2.05, 4.69) is 11.8 Å². The Morgan fingerprint density at radius 1 is 1.20 bits per heavy atom. The van der Waals surface area contributed by atoms with E-state index < -0.39 is 17.7 Å². The van der Waals surface area contributed by atoms with Crippen LogP contribution in [0.4, 0.5) is 0 Å². The average Bonchev–Trinajstić information content (AvgIpc) is 2.81. The third kappa shape index (κ3) is 4.38.